The van der Waals surface area contributed by atoms with E-state index in [2.05, 4.69) is 4.98 Å². The third kappa shape index (κ3) is 5.37. The summed E-state index contributed by atoms with van der Waals surface area (Å²) in [7, 11) is -4.18. The number of amides is 1. The number of aromatic nitrogens is 1. The molecule has 4 rings (SSSR count). The molecule has 0 bridgehead atoms. The number of halogens is 6. The van der Waals surface area contributed by atoms with Crippen LogP contribution >= 0.6 is 0 Å². The summed E-state index contributed by atoms with van der Waals surface area (Å²) in [6.07, 6.45) is -8.80. The van der Waals surface area contributed by atoms with E-state index in [4.69, 9.17) is 4.74 Å². The Morgan fingerprint density at radius 2 is 1.63 bits per heavy atom. The van der Waals surface area contributed by atoms with Crippen molar-refractivity contribution in [2.45, 2.75) is 42.2 Å². The Hall–Kier alpha value is -2.87. The first kappa shape index (κ1) is 25.2. The second-order valence-corrected chi connectivity index (χ2v) is 10.1. The Labute approximate surface area is 196 Å². The van der Waals surface area contributed by atoms with Crippen LogP contribution in [0.25, 0.3) is 0 Å². The molecule has 0 spiro atoms. The molecule has 0 radical (unpaired) electrons. The molecular formula is C21H19F6N3O4S. The van der Waals surface area contributed by atoms with E-state index >= 15 is 0 Å². The second-order valence-electron chi connectivity index (χ2n) is 8.19. The number of rotatable bonds is 4. The average molecular weight is 523 g/mol. The number of fused-ring (bicyclic) bond motifs is 1. The molecule has 0 aliphatic carbocycles. The van der Waals surface area contributed by atoms with E-state index in [9.17, 15) is 39.6 Å². The number of carbonyl (C=O) groups excluding carboxylic acids is 1. The van der Waals surface area contributed by atoms with Gasteiger partial charge in [0.15, 0.2) is 0 Å². The summed E-state index contributed by atoms with van der Waals surface area (Å²) in [6, 6.07) is 4.43. The number of carbonyl (C=O) groups is 1. The van der Waals surface area contributed by atoms with Crippen molar-refractivity contribution < 1.29 is 44.3 Å². The molecule has 7 nitrogen and oxygen atoms in total. The van der Waals surface area contributed by atoms with E-state index < -0.39 is 45.8 Å². The maximum atomic E-state index is 13.1. The zero-order chi connectivity index (χ0) is 25.6. The summed E-state index contributed by atoms with van der Waals surface area (Å²) in [5, 5.41) is 0. The summed E-state index contributed by atoms with van der Waals surface area (Å²) in [5.74, 6) is -0.251. The number of pyridine rings is 1. The second kappa shape index (κ2) is 8.97. The number of ether oxygens (including phenoxy) is 1. The highest BCUT2D eigenvalue weighted by Crippen LogP contribution is 2.33. The summed E-state index contributed by atoms with van der Waals surface area (Å²) >= 11 is 0. The van der Waals surface area contributed by atoms with Gasteiger partial charge in [-0.05, 0) is 36.4 Å². The minimum atomic E-state index is -4.61. The molecule has 2 fully saturated rings. The summed E-state index contributed by atoms with van der Waals surface area (Å²) in [5.41, 5.74) is -2.06. The third-order valence-electron chi connectivity index (χ3n) is 5.83. The van der Waals surface area contributed by atoms with Crippen molar-refractivity contribution in [2.75, 3.05) is 19.6 Å². The first-order valence-corrected chi connectivity index (χ1v) is 11.9. The number of sulfonamides is 1. The van der Waals surface area contributed by atoms with Crippen LogP contribution in [-0.2, 0) is 27.2 Å². The molecule has 0 unspecified atom stereocenters. The van der Waals surface area contributed by atoms with E-state index in [-0.39, 0.29) is 49.0 Å². The van der Waals surface area contributed by atoms with Crippen LogP contribution in [0.2, 0.25) is 0 Å². The first-order chi connectivity index (χ1) is 16.2. The van der Waals surface area contributed by atoms with E-state index in [1.807, 2.05) is 0 Å². The standard InChI is InChI=1S/C21H19F6N3O4S/c22-20(23,24)13-1-4-17(5-2-13)35(32,33)29-8-7-19(31)30-12-16(9-14(30)11-29)34-15-3-6-18(28-10-15)21(25,26)27/h1-6,10,14,16H,7-9,11-12H2/t14-,16+/m0/s1. The van der Waals surface area contributed by atoms with Crippen LogP contribution in [0.3, 0.4) is 0 Å². The van der Waals surface area contributed by atoms with Crippen LogP contribution in [0.1, 0.15) is 24.1 Å². The molecule has 35 heavy (non-hydrogen) atoms. The molecular weight excluding hydrogens is 504 g/mol. The molecule has 2 atom stereocenters. The lowest BCUT2D eigenvalue weighted by Crippen LogP contribution is -2.40. The van der Waals surface area contributed by atoms with Gasteiger partial charge < -0.3 is 9.64 Å². The molecule has 2 aromatic rings. The van der Waals surface area contributed by atoms with Crippen molar-refractivity contribution in [2.24, 2.45) is 0 Å². The fourth-order valence-electron chi connectivity index (χ4n) is 4.12. The quantitative estimate of drug-likeness (QED) is 0.573. The van der Waals surface area contributed by atoms with Crippen LogP contribution in [0.5, 0.6) is 5.75 Å². The van der Waals surface area contributed by atoms with Gasteiger partial charge in [-0.15, -0.1) is 0 Å². The maximum absolute atomic E-state index is 13.1. The number of alkyl halides is 6. The SMILES string of the molecule is O=C1CCN(S(=O)(=O)c2ccc(C(F)(F)F)cc2)C[C@@H]2C[C@@H](Oc3ccc(C(F)(F)F)nc3)CN12. The topological polar surface area (TPSA) is 79.8 Å². The monoisotopic (exact) mass is 523 g/mol. The zero-order valence-corrected chi connectivity index (χ0v) is 18.7. The van der Waals surface area contributed by atoms with Crippen LogP contribution in [0, 0.1) is 0 Å². The Morgan fingerprint density at radius 1 is 0.943 bits per heavy atom. The van der Waals surface area contributed by atoms with Gasteiger partial charge in [0.2, 0.25) is 15.9 Å². The van der Waals surface area contributed by atoms with Crippen molar-refractivity contribution in [3.8, 4) is 5.75 Å². The zero-order valence-electron chi connectivity index (χ0n) is 17.9. The Bertz CT molecular complexity index is 1180. The molecule has 2 aliphatic heterocycles. The van der Waals surface area contributed by atoms with Gasteiger partial charge in [0, 0.05) is 32.0 Å². The molecule has 0 saturated carbocycles. The lowest BCUT2D eigenvalue weighted by atomic mass is 10.2. The molecule has 190 valence electrons. The summed E-state index contributed by atoms with van der Waals surface area (Å²) in [6.45, 7) is -0.123. The Kier molecular flexibility index (Phi) is 6.47. The molecule has 2 aliphatic rings. The predicted molar refractivity (Wildman–Crippen MR) is 109 cm³/mol. The van der Waals surface area contributed by atoms with Gasteiger partial charge in [-0.1, -0.05) is 0 Å². The van der Waals surface area contributed by atoms with Gasteiger partial charge in [-0.2, -0.15) is 30.6 Å². The molecule has 1 aromatic heterocycles. The number of hydrogen-bond acceptors (Lipinski definition) is 5. The van der Waals surface area contributed by atoms with Crippen molar-refractivity contribution in [3.05, 3.63) is 53.9 Å². The fraction of sp³-hybridized carbons (Fsp3) is 0.429. The summed E-state index contributed by atoms with van der Waals surface area (Å²) in [4.78, 5) is 17.1. The molecule has 1 amide bonds. The van der Waals surface area contributed by atoms with Crippen molar-refractivity contribution in [1.29, 1.82) is 0 Å². The van der Waals surface area contributed by atoms with Gasteiger partial charge >= 0.3 is 12.4 Å². The van der Waals surface area contributed by atoms with Gasteiger partial charge in [-0.3, -0.25) is 4.79 Å². The van der Waals surface area contributed by atoms with Gasteiger partial charge in [-0.25, -0.2) is 13.4 Å². The minimum absolute atomic E-state index is 0.0716. The summed E-state index contributed by atoms with van der Waals surface area (Å²) < 4.78 is 109. The molecule has 14 heteroatoms. The van der Waals surface area contributed by atoms with E-state index in [1.54, 1.807) is 0 Å². The molecule has 0 N–H and O–H groups in total. The highest BCUT2D eigenvalue weighted by Gasteiger charge is 2.42. The fourth-order valence-corrected chi connectivity index (χ4v) is 5.60. The minimum Gasteiger partial charge on any atom is -0.487 e. The number of benzene rings is 1. The highest BCUT2D eigenvalue weighted by atomic mass is 32.2. The Morgan fingerprint density at radius 3 is 2.20 bits per heavy atom. The largest absolute Gasteiger partial charge is 0.487 e. The lowest BCUT2D eigenvalue weighted by molar-refractivity contribution is -0.141. The normalized spacial score (nSPS) is 22.1. The van der Waals surface area contributed by atoms with Crippen molar-refractivity contribution in [1.82, 2.24) is 14.2 Å². The molecule has 2 saturated heterocycles. The van der Waals surface area contributed by atoms with Gasteiger partial charge in [0.05, 0.1) is 23.2 Å². The Balaban J connectivity index is 1.47. The predicted octanol–water partition coefficient (Wildman–Crippen LogP) is 3.56. The van der Waals surface area contributed by atoms with Crippen molar-refractivity contribution >= 4 is 15.9 Å². The first-order valence-electron chi connectivity index (χ1n) is 10.4. The smallest absolute Gasteiger partial charge is 0.433 e. The maximum Gasteiger partial charge on any atom is 0.433 e. The van der Waals surface area contributed by atoms with Crippen LogP contribution in [0.15, 0.2) is 47.5 Å². The van der Waals surface area contributed by atoms with Crippen molar-refractivity contribution in [3.63, 3.8) is 0 Å². The van der Waals surface area contributed by atoms with Gasteiger partial charge in [0.25, 0.3) is 0 Å². The van der Waals surface area contributed by atoms with E-state index in [0.717, 1.165) is 34.8 Å². The number of nitrogens with zero attached hydrogens (tertiary/aromatic N) is 3. The third-order valence-corrected chi connectivity index (χ3v) is 7.71. The number of hydrogen-bond donors (Lipinski definition) is 0. The van der Waals surface area contributed by atoms with Crippen LogP contribution in [0.4, 0.5) is 26.3 Å². The average Bonchev–Trinajstić information content (AvgIpc) is 3.10. The molecule has 1 aromatic carbocycles. The lowest BCUT2D eigenvalue weighted by Gasteiger charge is -2.25. The van der Waals surface area contributed by atoms with Crippen LogP contribution < -0.4 is 4.74 Å². The van der Waals surface area contributed by atoms with E-state index in [0.29, 0.717) is 12.1 Å². The van der Waals surface area contributed by atoms with E-state index in [1.165, 1.54) is 4.90 Å². The highest BCUT2D eigenvalue weighted by molar-refractivity contribution is 7.89. The van der Waals surface area contributed by atoms with Crippen LogP contribution in [-0.4, -0.2) is 60.3 Å². The molecule has 3 heterocycles. The van der Waals surface area contributed by atoms with Gasteiger partial charge in [0.1, 0.15) is 17.5 Å².